The zero-order chi connectivity index (χ0) is 9.68. The molecule has 3 heteroatoms. The summed E-state index contributed by atoms with van der Waals surface area (Å²) in [5.74, 6) is 0. The Morgan fingerprint density at radius 3 is 2.54 bits per heavy atom. The lowest BCUT2D eigenvalue weighted by Gasteiger charge is -2.00. The molecule has 1 aromatic rings. The third kappa shape index (κ3) is 2.68. The van der Waals surface area contributed by atoms with Crippen LogP contribution < -0.4 is 5.56 Å². The molecule has 0 aliphatic rings. The lowest BCUT2D eigenvalue weighted by Crippen LogP contribution is -2.16. The number of nitrogens with zero attached hydrogens (tertiary/aromatic N) is 1. The van der Waals surface area contributed by atoms with Gasteiger partial charge in [0.1, 0.15) is 5.69 Å². The number of aryl methyl sites for hydroxylation is 2. The molecule has 13 heavy (non-hydrogen) atoms. The third-order valence-corrected chi connectivity index (χ3v) is 1.92. The highest BCUT2D eigenvalue weighted by atomic mass is 16.1. The molecule has 0 aromatic carbocycles. The number of hydrogen-bond donors (Lipinski definition) is 1. The van der Waals surface area contributed by atoms with Crippen molar-refractivity contribution in [2.45, 2.75) is 39.5 Å². The maximum absolute atomic E-state index is 11.4. The van der Waals surface area contributed by atoms with Crippen molar-refractivity contribution >= 4 is 0 Å². The van der Waals surface area contributed by atoms with E-state index in [2.05, 4.69) is 16.9 Å². The molecule has 0 unspecified atom stereocenters. The molecule has 0 saturated heterocycles. The van der Waals surface area contributed by atoms with Crippen LogP contribution >= 0.6 is 0 Å². The Morgan fingerprint density at radius 1 is 1.31 bits per heavy atom. The van der Waals surface area contributed by atoms with Crippen molar-refractivity contribution in [3.05, 3.63) is 27.9 Å². The summed E-state index contributed by atoms with van der Waals surface area (Å²) in [7, 11) is 0. The van der Waals surface area contributed by atoms with E-state index in [9.17, 15) is 4.79 Å². The first kappa shape index (κ1) is 9.96. The number of rotatable bonds is 4. The SMILES string of the molecule is CCCc1cnc(CCC)c(=O)[nH]1. The van der Waals surface area contributed by atoms with Gasteiger partial charge in [-0.3, -0.25) is 9.78 Å². The van der Waals surface area contributed by atoms with Gasteiger partial charge in [0, 0.05) is 11.9 Å². The van der Waals surface area contributed by atoms with E-state index in [0.29, 0.717) is 5.69 Å². The van der Waals surface area contributed by atoms with Crippen LogP contribution in [0.1, 0.15) is 38.1 Å². The minimum atomic E-state index is -0.0206. The fraction of sp³-hybridized carbons (Fsp3) is 0.600. The van der Waals surface area contributed by atoms with Gasteiger partial charge in [-0.25, -0.2) is 0 Å². The van der Waals surface area contributed by atoms with Gasteiger partial charge in [-0.2, -0.15) is 0 Å². The maximum atomic E-state index is 11.4. The molecular formula is C10H16N2O. The second-order valence-electron chi connectivity index (χ2n) is 3.18. The quantitative estimate of drug-likeness (QED) is 0.766. The fourth-order valence-corrected chi connectivity index (χ4v) is 1.28. The van der Waals surface area contributed by atoms with Gasteiger partial charge >= 0.3 is 0 Å². The van der Waals surface area contributed by atoms with E-state index in [1.807, 2.05) is 6.92 Å². The van der Waals surface area contributed by atoms with Crippen LogP contribution in [-0.4, -0.2) is 9.97 Å². The van der Waals surface area contributed by atoms with Crippen molar-refractivity contribution in [1.82, 2.24) is 9.97 Å². The summed E-state index contributed by atoms with van der Waals surface area (Å²) in [6, 6.07) is 0. The summed E-state index contributed by atoms with van der Waals surface area (Å²) in [5.41, 5.74) is 1.57. The van der Waals surface area contributed by atoms with Gasteiger partial charge in [-0.15, -0.1) is 0 Å². The first-order valence-electron chi connectivity index (χ1n) is 4.85. The van der Waals surface area contributed by atoms with Crippen LogP contribution in [0.5, 0.6) is 0 Å². The van der Waals surface area contributed by atoms with Crippen LogP contribution in [0.3, 0.4) is 0 Å². The molecule has 1 aromatic heterocycles. The van der Waals surface area contributed by atoms with Crippen LogP contribution in [0, 0.1) is 0 Å². The molecule has 72 valence electrons. The highest BCUT2D eigenvalue weighted by Gasteiger charge is 2.00. The number of hydrogen-bond acceptors (Lipinski definition) is 2. The molecular weight excluding hydrogens is 164 g/mol. The fourth-order valence-electron chi connectivity index (χ4n) is 1.28. The van der Waals surface area contributed by atoms with Crippen molar-refractivity contribution in [1.29, 1.82) is 0 Å². The monoisotopic (exact) mass is 180 g/mol. The minimum Gasteiger partial charge on any atom is -0.323 e. The van der Waals surface area contributed by atoms with E-state index in [1.165, 1.54) is 0 Å². The first-order valence-corrected chi connectivity index (χ1v) is 4.85. The number of aromatic nitrogens is 2. The molecule has 3 nitrogen and oxygen atoms in total. The predicted octanol–water partition coefficient (Wildman–Crippen LogP) is 1.67. The molecule has 0 atom stereocenters. The third-order valence-electron chi connectivity index (χ3n) is 1.92. The van der Waals surface area contributed by atoms with Crippen LogP contribution in [0.4, 0.5) is 0 Å². The highest BCUT2D eigenvalue weighted by Crippen LogP contribution is 1.96. The largest absolute Gasteiger partial charge is 0.323 e. The Bertz CT molecular complexity index is 317. The lowest BCUT2D eigenvalue weighted by molar-refractivity contribution is 0.811. The molecule has 0 saturated carbocycles. The summed E-state index contributed by atoms with van der Waals surface area (Å²) in [4.78, 5) is 18.4. The molecule has 1 heterocycles. The number of aromatic amines is 1. The summed E-state index contributed by atoms with van der Waals surface area (Å²) in [5, 5.41) is 0. The molecule has 0 spiro atoms. The topological polar surface area (TPSA) is 45.8 Å². The molecule has 1 rings (SSSR count). The average molecular weight is 180 g/mol. The Labute approximate surface area is 78.2 Å². The molecule has 0 amide bonds. The second-order valence-corrected chi connectivity index (χ2v) is 3.18. The summed E-state index contributed by atoms with van der Waals surface area (Å²) >= 11 is 0. The number of H-pyrrole nitrogens is 1. The van der Waals surface area contributed by atoms with Gasteiger partial charge in [0.25, 0.3) is 5.56 Å². The van der Waals surface area contributed by atoms with E-state index in [1.54, 1.807) is 6.20 Å². The van der Waals surface area contributed by atoms with Crippen molar-refractivity contribution in [2.24, 2.45) is 0 Å². The van der Waals surface area contributed by atoms with E-state index in [4.69, 9.17) is 0 Å². The lowest BCUT2D eigenvalue weighted by atomic mass is 10.2. The number of nitrogens with one attached hydrogen (secondary N) is 1. The molecule has 1 N–H and O–H groups in total. The van der Waals surface area contributed by atoms with Crippen LogP contribution in [0.25, 0.3) is 0 Å². The predicted molar refractivity (Wildman–Crippen MR) is 52.8 cm³/mol. The van der Waals surface area contributed by atoms with Crippen LogP contribution in [-0.2, 0) is 12.8 Å². The smallest absolute Gasteiger partial charge is 0.269 e. The Kier molecular flexibility index (Phi) is 3.68. The second kappa shape index (κ2) is 4.80. The van der Waals surface area contributed by atoms with E-state index in [0.717, 1.165) is 31.4 Å². The molecule has 0 radical (unpaired) electrons. The van der Waals surface area contributed by atoms with Gasteiger partial charge in [0.05, 0.1) is 0 Å². The molecule has 0 aliphatic carbocycles. The van der Waals surface area contributed by atoms with Gasteiger partial charge < -0.3 is 4.98 Å². The zero-order valence-corrected chi connectivity index (χ0v) is 8.26. The van der Waals surface area contributed by atoms with Crippen molar-refractivity contribution < 1.29 is 0 Å². The van der Waals surface area contributed by atoms with Crippen molar-refractivity contribution in [3.8, 4) is 0 Å². The van der Waals surface area contributed by atoms with Crippen LogP contribution in [0.15, 0.2) is 11.0 Å². The van der Waals surface area contributed by atoms with E-state index in [-0.39, 0.29) is 5.56 Å². The zero-order valence-electron chi connectivity index (χ0n) is 8.26. The highest BCUT2D eigenvalue weighted by molar-refractivity contribution is 5.03. The Morgan fingerprint density at radius 2 is 2.00 bits per heavy atom. The minimum absolute atomic E-state index is 0.0206. The van der Waals surface area contributed by atoms with Gasteiger partial charge in [-0.1, -0.05) is 26.7 Å². The summed E-state index contributed by atoms with van der Waals surface area (Å²) in [6.07, 6.45) is 5.43. The standard InChI is InChI=1S/C10H16N2O/c1-3-5-8-7-11-9(6-4-2)10(13)12-8/h7H,3-6H2,1-2H3,(H,12,13). The van der Waals surface area contributed by atoms with Gasteiger partial charge in [0.15, 0.2) is 0 Å². The Hall–Kier alpha value is -1.12. The van der Waals surface area contributed by atoms with Crippen LogP contribution in [0.2, 0.25) is 0 Å². The van der Waals surface area contributed by atoms with E-state index < -0.39 is 0 Å². The maximum Gasteiger partial charge on any atom is 0.269 e. The van der Waals surface area contributed by atoms with E-state index >= 15 is 0 Å². The molecule has 0 aliphatic heterocycles. The first-order chi connectivity index (χ1) is 6.27. The average Bonchev–Trinajstić information content (AvgIpc) is 2.10. The van der Waals surface area contributed by atoms with Crippen molar-refractivity contribution in [3.63, 3.8) is 0 Å². The Balaban J connectivity index is 2.85. The normalized spacial score (nSPS) is 10.3. The van der Waals surface area contributed by atoms with Crippen molar-refractivity contribution in [2.75, 3.05) is 0 Å². The van der Waals surface area contributed by atoms with Gasteiger partial charge in [-0.05, 0) is 12.8 Å². The molecule has 0 fully saturated rings. The van der Waals surface area contributed by atoms with Gasteiger partial charge in [0.2, 0.25) is 0 Å². The molecule has 0 bridgehead atoms. The summed E-state index contributed by atoms with van der Waals surface area (Å²) in [6.45, 7) is 4.12. The summed E-state index contributed by atoms with van der Waals surface area (Å²) < 4.78 is 0.